The number of hydrogen-bond acceptors (Lipinski definition) is 2. The molecule has 1 aromatic rings. The quantitative estimate of drug-likeness (QED) is 0.847. The Balaban J connectivity index is 2.05. The van der Waals surface area contributed by atoms with Crippen LogP contribution in [0.25, 0.3) is 0 Å². The van der Waals surface area contributed by atoms with Crippen molar-refractivity contribution >= 4 is 0 Å². The summed E-state index contributed by atoms with van der Waals surface area (Å²) in [6, 6.07) is 5.07. The third-order valence-corrected chi connectivity index (χ3v) is 3.35. The molecule has 2 nitrogen and oxygen atoms in total. The van der Waals surface area contributed by atoms with E-state index in [0.29, 0.717) is 0 Å². The summed E-state index contributed by atoms with van der Waals surface area (Å²) in [4.78, 5) is 2.43. The minimum atomic E-state index is -0.146. The SMILES string of the molecule is Cc1cc(F)ccc1CN1CCNC(C)(C)C1. The second kappa shape index (κ2) is 4.75. The average Bonchev–Trinajstić information content (AvgIpc) is 2.21. The number of rotatable bonds is 2. The van der Waals surface area contributed by atoms with Crippen LogP contribution in [0, 0.1) is 12.7 Å². The summed E-state index contributed by atoms with van der Waals surface area (Å²) in [5, 5.41) is 3.50. The van der Waals surface area contributed by atoms with E-state index in [4.69, 9.17) is 0 Å². The molecule has 1 aliphatic rings. The van der Waals surface area contributed by atoms with Gasteiger partial charge in [-0.15, -0.1) is 0 Å². The Morgan fingerprint density at radius 2 is 2.18 bits per heavy atom. The minimum absolute atomic E-state index is 0.146. The molecular weight excluding hydrogens is 215 g/mol. The Morgan fingerprint density at radius 1 is 1.41 bits per heavy atom. The number of benzene rings is 1. The van der Waals surface area contributed by atoms with Gasteiger partial charge in [-0.3, -0.25) is 4.90 Å². The van der Waals surface area contributed by atoms with E-state index in [9.17, 15) is 4.39 Å². The highest BCUT2D eigenvalue weighted by Crippen LogP contribution is 2.16. The number of piperazine rings is 1. The number of halogens is 1. The second-order valence-corrected chi connectivity index (χ2v) is 5.59. The minimum Gasteiger partial charge on any atom is -0.309 e. The van der Waals surface area contributed by atoms with Gasteiger partial charge in [-0.25, -0.2) is 4.39 Å². The summed E-state index contributed by atoms with van der Waals surface area (Å²) in [6.07, 6.45) is 0. The lowest BCUT2D eigenvalue weighted by atomic mass is 10.0. The van der Waals surface area contributed by atoms with Crippen molar-refractivity contribution < 1.29 is 4.39 Å². The topological polar surface area (TPSA) is 15.3 Å². The first-order valence-electron chi connectivity index (χ1n) is 6.19. The Hall–Kier alpha value is -0.930. The molecule has 0 spiro atoms. The van der Waals surface area contributed by atoms with Gasteiger partial charge in [0.1, 0.15) is 5.82 Å². The second-order valence-electron chi connectivity index (χ2n) is 5.59. The maximum absolute atomic E-state index is 13.0. The van der Waals surface area contributed by atoms with Crippen molar-refractivity contribution in [2.24, 2.45) is 0 Å². The molecule has 0 unspecified atom stereocenters. The molecule has 0 atom stereocenters. The van der Waals surface area contributed by atoms with Crippen LogP contribution in [0.2, 0.25) is 0 Å². The molecule has 0 aliphatic carbocycles. The molecule has 1 saturated heterocycles. The smallest absolute Gasteiger partial charge is 0.123 e. The number of aryl methyl sites for hydroxylation is 1. The monoisotopic (exact) mass is 236 g/mol. The number of nitrogens with zero attached hydrogens (tertiary/aromatic N) is 1. The van der Waals surface area contributed by atoms with Crippen LogP contribution in [0.15, 0.2) is 18.2 Å². The zero-order valence-electron chi connectivity index (χ0n) is 10.9. The molecule has 0 bridgehead atoms. The zero-order valence-corrected chi connectivity index (χ0v) is 10.9. The van der Waals surface area contributed by atoms with Gasteiger partial charge in [0.05, 0.1) is 0 Å². The molecule has 1 aliphatic heterocycles. The Kier molecular flexibility index (Phi) is 3.50. The van der Waals surface area contributed by atoms with E-state index >= 15 is 0 Å². The van der Waals surface area contributed by atoms with Gasteiger partial charge in [0.15, 0.2) is 0 Å². The van der Waals surface area contributed by atoms with Crippen LogP contribution in [-0.2, 0) is 6.54 Å². The summed E-state index contributed by atoms with van der Waals surface area (Å²) in [7, 11) is 0. The van der Waals surface area contributed by atoms with Crippen LogP contribution in [-0.4, -0.2) is 30.1 Å². The summed E-state index contributed by atoms with van der Waals surface area (Å²) in [6.45, 7) is 10.4. The van der Waals surface area contributed by atoms with Crippen molar-refractivity contribution in [1.29, 1.82) is 0 Å². The third kappa shape index (κ3) is 3.27. The summed E-state index contributed by atoms with van der Waals surface area (Å²) in [5.74, 6) is -0.146. The predicted octanol–water partition coefficient (Wildman–Crippen LogP) is 2.32. The first-order chi connectivity index (χ1) is 7.96. The normalized spacial score (nSPS) is 20.5. The Morgan fingerprint density at radius 3 is 2.82 bits per heavy atom. The summed E-state index contributed by atoms with van der Waals surface area (Å²) >= 11 is 0. The zero-order chi connectivity index (χ0) is 12.5. The van der Waals surface area contributed by atoms with Crippen LogP contribution >= 0.6 is 0 Å². The molecule has 1 heterocycles. The van der Waals surface area contributed by atoms with Crippen molar-refractivity contribution in [1.82, 2.24) is 10.2 Å². The van der Waals surface area contributed by atoms with E-state index in [1.807, 2.05) is 13.0 Å². The van der Waals surface area contributed by atoms with Crippen molar-refractivity contribution in [3.8, 4) is 0 Å². The van der Waals surface area contributed by atoms with Crippen LogP contribution in [0.5, 0.6) is 0 Å². The highest BCUT2D eigenvalue weighted by molar-refractivity contribution is 5.26. The fourth-order valence-corrected chi connectivity index (χ4v) is 2.46. The van der Waals surface area contributed by atoms with Gasteiger partial charge in [-0.1, -0.05) is 6.07 Å². The highest BCUT2D eigenvalue weighted by Gasteiger charge is 2.25. The van der Waals surface area contributed by atoms with Crippen molar-refractivity contribution in [2.75, 3.05) is 19.6 Å². The lowest BCUT2D eigenvalue weighted by Crippen LogP contribution is -2.56. The molecule has 1 aromatic carbocycles. The van der Waals surface area contributed by atoms with Gasteiger partial charge in [0, 0.05) is 31.7 Å². The van der Waals surface area contributed by atoms with E-state index in [1.165, 1.54) is 5.56 Å². The van der Waals surface area contributed by atoms with Crippen LogP contribution in [0.3, 0.4) is 0 Å². The fraction of sp³-hybridized carbons (Fsp3) is 0.571. The number of hydrogen-bond donors (Lipinski definition) is 1. The summed E-state index contributed by atoms with van der Waals surface area (Å²) in [5.41, 5.74) is 2.44. The van der Waals surface area contributed by atoms with Gasteiger partial charge >= 0.3 is 0 Å². The van der Waals surface area contributed by atoms with Crippen LogP contribution < -0.4 is 5.32 Å². The standard InChI is InChI=1S/C14H21FN2/c1-11-8-13(15)5-4-12(11)9-17-7-6-16-14(2,3)10-17/h4-5,8,16H,6-7,9-10H2,1-3H3. The van der Waals surface area contributed by atoms with Crippen LogP contribution in [0.1, 0.15) is 25.0 Å². The molecule has 0 radical (unpaired) electrons. The van der Waals surface area contributed by atoms with Crippen molar-refractivity contribution in [3.05, 3.63) is 35.1 Å². The van der Waals surface area contributed by atoms with E-state index < -0.39 is 0 Å². The average molecular weight is 236 g/mol. The maximum Gasteiger partial charge on any atom is 0.123 e. The highest BCUT2D eigenvalue weighted by atomic mass is 19.1. The first-order valence-corrected chi connectivity index (χ1v) is 6.19. The molecule has 1 fully saturated rings. The molecule has 94 valence electrons. The first kappa shape index (κ1) is 12.5. The van der Waals surface area contributed by atoms with Crippen molar-refractivity contribution in [3.63, 3.8) is 0 Å². The molecule has 1 N–H and O–H groups in total. The summed E-state index contributed by atoms with van der Waals surface area (Å²) < 4.78 is 13.0. The molecular formula is C14H21FN2. The lowest BCUT2D eigenvalue weighted by molar-refractivity contribution is 0.148. The van der Waals surface area contributed by atoms with Crippen LogP contribution in [0.4, 0.5) is 4.39 Å². The lowest BCUT2D eigenvalue weighted by Gasteiger charge is -2.39. The van der Waals surface area contributed by atoms with E-state index in [-0.39, 0.29) is 11.4 Å². The molecule has 0 aromatic heterocycles. The van der Waals surface area contributed by atoms with Gasteiger partial charge in [0.2, 0.25) is 0 Å². The van der Waals surface area contributed by atoms with Gasteiger partial charge < -0.3 is 5.32 Å². The third-order valence-electron chi connectivity index (χ3n) is 3.35. The van der Waals surface area contributed by atoms with Gasteiger partial charge in [-0.2, -0.15) is 0 Å². The Labute approximate surface area is 103 Å². The predicted molar refractivity (Wildman–Crippen MR) is 68.5 cm³/mol. The van der Waals surface area contributed by atoms with Gasteiger partial charge in [0.25, 0.3) is 0 Å². The van der Waals surface area contributed by atoms with E-state index in [1.54, 1.807) is 12.1 Å². The van der Waals surface area contributed by atoms with E-state index in [2.05, 4.69) is 24.1 Å². The maximum atomic E-state index is 13.0. The largest absolute Gasteiger partial charge is 0.309 e. The number of nitrogens with one attached hydrogen (secondary N) is 1. The van der Waals surface area contributed by atoms with Gasteiger partial charge in [-0.05, 0) is 44.0 Å². The fourth-order valence-electron chi connectivity index (χ4n) is 2.46. The molecule has 2 rings (SSSR count). The van der Waals surface area contributed by atoms with Crippen molar-refractivity contribution in [2.45, 2.75) is 32.9 Å². The van der Waals surface area contributed by atoms with E-state index in [0.717, 1.165) is 31.7 Å². The Bertz CT molecular complexity index is 401. The molecule has 17 heavy (non-hydrogen) atoms. The molecule has 0 saturated carbocycles. The molecule has 3 heteroatoms. The molecule has 0 amide bonds.